The lowest BCUT2D eigenvalue weighted by Gasteiger charge is -2.05. The Morgan fingerprint density at radius 3 is 1.65 bits per heavy atom. The Kier molecular flexibility index (Phi) is 22.1. The van der Waals surface area contributed by atoms with Crippen molar-refractivity contribution in [2.24, 2.45) is 16.1 Å². The number of amidine groups is 1. The number of amides is 1. The number of nitrogens with one attached hydrogen (secondary N) is 2. The summed E-state index contributed by atoms with van der Waals surface area (Å²) in [6.07, 6.45) is 20.1. The van der Waals surface area contributed by atoms with Crippen molar-refractivity contribution >= 4 is 29.5 Å². The van der Waals surface area contributed by atoms with Gasteiger partial charge in [0.2, 0.25) is 5.91 Å². The maximum atomic E-state index is 11.7. The highest BCUT2D eigenvalue weighted by Crippen LogP contribution is 2.14. The van der Waals surface area contributed by atoms with Gasteiger partial charge in [-0.05, 0) is 26.2 Å². The van der Waals surface area contributed by atoms with Gasteiger partial charge in [-0.15, -0.1) is 5.10 Å². The Balaban J connectivity index is 3.19. The van der Waals surface area contributed by atoms with Crippen LogP contribution in [0.3, 0.4) is 0 Å². The van der Waals surface area contributed by atoms with E-state index in [4.69, 9.17) is 11.3 Å². The number of carbonyl (C=O) groups is 2. The van der Waals surface area contributed by atoms with Crippen molar-refractivity contribution in [1.82, 2.24) is 4.72 Å². The number of ketones is 1. The topological polar surface area (TPSA) is 121 Å². The highest BCUT2D eigenvalue weighted by Gasteiger charge is 2.02. The highest BCUT2D eigenvalue weighted by atomic mass is 32.2. The van der Waals surface area contributed by atoms with Gasteiger partial charge in [-0.2, -0.15) is 5.53 Å². The molecule has 0 bridgehead atoms. The van der Waals surface area contributed by atoms with Gasteiger partial charge in [-0.3, -0.25) is 4.79 Å². The van der Waals surface area contributed by atoms with Gasteiger partial charge in [0.05, 0.1) is 0 Å². The number of Topliss-reactive ketones (excluding diaryl/α,β-unsaturated/α-hetero) is 1. The van der Waals surface area contributed by atoms with E-state index in [9.17, 15) is 9.59 Å². The second-order valence-corrected chi connectivity index (χ2v) is 9.22. The van der Waals surface area contributed by atoms with Gasteiger partial charge in [0.15, 0.2) is 0 Å². The van der Waals surface area contributed by atoms with Crippen LogP contribution < -0.4 is 10.5 Å². The molecule has 0 aromatic heterocycles. The molecule has 31 heavy (non-hydrogen) atoms. The molecule has 0 rings (SSSR count). The van der Waals surface area contributed by atoms with Crippen molar-refractivity contribution in [3.63, 3.8) is 0 Å². The molecule has 0 aromatic carbocycles. The number of nitrogens with zero attached hydrogens (tertiary/aromatic N) is 2. The lowest BCUT2D eigenvalue weighted by Crippen LogP contribution is -2.15. The molecule has 0 aliphatic rings. The lowest BCUT2D eigenvalue weighted by atomic mass is 10.0. The van der Waals surface area contributed by atoms with Crippen LogP contribution in [0.1, 0.15) is 122 Å². The SMILES string of the molecule is CC(=O)CCCSNC(=O)CCCCCCCCCCCCCCCCC(N)=NN=N. The fraction of sp³-hybridized carbons (Fsp3) is 0.870. The molecule has 0 aliphatic heterocycles. The van der Waals surface area contributed by atoms with Crippen LogP contribution in [-0.4, -0.2) is 23.3 Å². The van der Waals surface area contributed by atoms with Crippen molar-refractivity contribution in [2.45, 2.75) is 122 Å². The van der Waals surface area contributed by atoms with Crippen LogP contribution in [0.5, 0.6) is 0 Å². The summed E-state index contributed by atoms with van der Waals surface area (Å²) in [4.78, 5) is 22.5. The first-order chi connectivity index (χ1) is 15.1. The van der Waals surface area contributed by atoms with Crippen molar-refractivity contribution in [1.29, 1.82) is 5.53 Å². The average molecular weight is 456 g/mol. The summed E-state index contributed by atoms with van der Waals surface area (Å²) in [5.41, 5.74) is 12.2. The summed E-state index contributed by atoms with van der Waals surface area (Å²) in [5.74, 6) is 1.60. The minimum absolute atomic E-state index is 0.117. The molecule has 0 spiro atoms. The molecule has 0 saturated heterocycles. The van der Waals surface area contributed by atoms with Crippen molar-refractivity contribution < 1.29 is 9.59 Å². The lowest BCUT2D eigenvalue weighted by molar-refractivity contribution is -0.119. The van der Waals surface area contributed by atoms with E-state index >= 15 is 0 Å². The zero-order valence-corrected chi connectivity index (χ0v) is 20.4. The average Bonchev–Trinajstić information content (AvgIpc) is 2.73. The molecule has 0 saturated carbocycles. The molecular weight excluding hydrogens is 410 g/mol. The van der Waals surface area contributed by atoms with E-state index in [1.807, 2.05) is 0 Å². The summed E-state index contributed by atoms with van der Waals surface area (Å²) < 4.78 is 2.86. The third-order valence-electron chi connectivity index (χ3n) is 5.23. The largest absolute Gasteiger partial charge is 0.386 e. The second kappa shape index (κ2) is 23.2. The van der Waals surface area contributed by atoms with Crippen LogP contribution in [-0.2, 0) is 9.59 Å². The Bertz CT molecular complexity index is 500. The Hall–Kier alpha value is -1.44. The zero-order chi connectivity index (χ0) is 23.0. The van der Waals surface area contributed by atoms with Crippen LogP contribution >= 0.6 is 11.9 Å². The quantitative estimate of drug-likeness (QED) is 0.0398. The Morgan fingerprint density at radius 2 is 1.19 bits per heavy atom. The third kappa shape index (κ3) is 24.7. The van der Waals surface area contributed by atoms with Gasteiger partial charge in [0, 0.05) is 25.0 Å². The fourth-order valence-corrected chi connectivity index (χ4v) is 4.06. The van der Waals surface area contributed by atoms with Crippen LogP contribution in [0.15, 0.2) is 10.3 Å². The maximum Gasteiger partial charge on any atom is 0.229 e. The van der Waals surface area contributed by atoms with Crippen LogP contribution in [0, 0.1) is 5.53 Å². The standard InChI is InChI=1S/C23H45N5O2S/c1-21(29)17-16-20-31-27-23(30)19-15-13-11-9-7-5-3-2-4-6-8-10-12-14-18-22(24)26-28-25/h2-20H2,1H3,(H,27,30)(H3,24,25,26). The smallest absolute Gasteiger partial charge is 0.229 e. The summed E-state index contributed by atoms with van der Waals surface area (Å²) in [5, 5.41) is 6.45. The Morgan fingerprint density at radius 1 is 0.742 bits per heavy atom. The summed E-state index contributed by atoms with van der Waals surface area (Å²) >= 11 is 1.42. The molecule has 180 valence electrons. The molecule has 0 aromatic rings. The summed E-state index contributed by atoms with van der Waals surface area (Å²) in [7, 11) is 0. The van der Waals surface area contributed by atoms with Gasteiger partial charge in [-0.25, -0.2) is 0 Å². The third-order valence-corrected chi connectivity index (χ3v) is 6.09. The Labute approximate surface area is 193 Å². The van der Waals surface area contributed by atoms with Gasteiger partial charge >= 0.3 is 0 Å². The van der Waals surface area contributed by atoms with E-state index < -0.39 is 0 Å². The van der Waals surface area contributed by atoms with E-state index in [-0.39, 0.29) is 11.7 Å². The van der Waals surface area contributed by atoms with E-state index in [0.717, 1.165) is 37.9 Å². The predicted molar refractivity (Wildman–Crippen MR) is 131 cm³/mol. The second-order valence-electron chi connectivity index (χ2n) is 8.32. The normalized spacial score (nSPS) is 11.5. The molecular formula is C23H45N5O2S. The summed E-state index contributed by atoms with van der Waals surface area (Å²) in [6.45, 7) is 1.60. The molecule has 0 fully saturated rings. The molecule has 1 amide bonds. The predicted octanol–water partition coefficient (Wildman–Crippen LogP) is 6.66. The van der Waals surface area contributed by atoms with Crippen molar-refractivity contribution in [2.75, 3.05) is 5.75 Å². The number of carbonyl (C=O) groups excluding carboxylic acids is 2. The number of unbranched alkanes of at least 4 members (excludes halogenated alkanes) is 13. The number of nitrogens with two attached hydrogens (primary N) is 1. The zero-order valence-electron chi connectivity index (χ0n) is 19.6. The van der Waals surface area contributed by atoms with Crippen molar-refractivity contribution in [3.05, 3.63) is 0 Å². The molecule has 8 heteroatoms. The number of hydrogen-bond donors (Lipinski definition) is 3. The number of rotatable bonds is 23. The van der Waals surface area contributed by atoms with Gasteiger partial charge in [-0.1, -0.05) is 94.2 Å². The summed E-state index contributed by atoms with van der Waals surface area (Å²) in [6, 6.07) is 0. The molecule has 0 atom stereocenters. The monoisotopic (exact) mass is 455 g/mol. The highest BCUT2D eigenvalue weighted by molar-refractivity contribution is 7.97. The van der Waals surface area contributed by atoms with Crippen molar-refractivity contribution in [3.8, 4) is 0 Å². The molecule has 0 aliphatic carbocycles. The van der Waals surface area contributed by atoms with Gasteiger partial charge in [0.1, 0.15) is 11.6 Å². The van der Waals surface area contributed by atoms with Crippen LogP contribution in [0.4, 0.5) is 0 Å². The first-order valence-corrected chi connectivity index (χ1v) is 13.1. The number of hydrogen-bond acceptors (Lipinski definition) is 5. The van der Waals surface area contributed by atoms with Crippen LogP contribution in [0.25, 0.3) is 0 Å². The van der Waals surface area contributed by atoms with Gasteiger partial charge in [0.25, 0.3) is 0 Å². The van der Waals surface area contributed by atoms with E-state index in [1.165, 1.54) is 82.6 Å². The minimum atomic E-state index is 0.117. The van der Waals surface area contributed by atoms with E-state index in [0.29, 0.717) is 18.7 Å². The molecule has 7 nitrogen and oxygen atoms in total. The fourth-order valence-electron chi connectivity index (χ4n) is 3.40. The first kappa shape index (κ1) is 29.6. The first-order valence-electron chi connectivity index (χ1n) is 12.1. The molecule has 0 heterocycles. The van der Waals surface area contributed by atoms with E-state index in [1.54, 1.807) is 6.92 Å². The maximum absolute atomic E-state index is 11.7. The molecule has 0 radical (unpaired) electrons. The minimum Gasteiger partial charge on any atom is -0.386 e. The van der Waals surface area contributed by atoms with E-state index in [2.05, 4.69) is 15.0 Å². The van der Waals surface area contributed by atoms with Crippen LogP contribution in [0.2, 0.25) is 0 Å². The van der Waals surface area contributed by atoms with Gasteiger partial charge < -0.3 is 15.3 Å². The molecule has 4 N–H and O–H groups in total. The molecule has 0 unspecified atom stereocenters.